The fourth-order valence-electron chi connectivity index (χ4n) is 6.56. The van der Waals surface area contributed by atoms with Gasteiger partial charge in [-0.25, -0.2) is 9.78 Å². The highest BCUT2D eigenvalue weighted by Gasteiger charge is 2.43. The van der Waals surface area contributed by atoms with Crippen molar-refractivity contribution in [2.24, 2.45) is 0 Å². The number of unbranched alkanes of at least 4 members (excludes halogenated alkanes) is 3. The first-order valence-corrected chi connectivity index (χ1v) is 16.0. The molecule has 12 nitrogen and oxygen atoms in total. The number of ether oxygens (including phenoxy) is 1. The van der Waals surface area contributed by atoms with Gasteiger partial charge in [0.1, 0.15) is 29.5 Å². The zero-order chi connectivity index (χ0) is 32.3. The van der Waals surface area contributed by atoms with Gasteiger partial charge in [0, 0.05) is 17.4 Å². The molecule has 12 heteroatoms. The van der Waals surface area contributed by atoms with Crippen molar-refractivity contribution in [3.63, 3.8) is 0 Å². The monoisotopic (exact) mass is 633 g/mol. The van der Waals surface area contributed by atoms with Gasteiger partial charge in [-0.05, 0) is 59.2 Å². The van der Waals surface area contributed by atoms with Gasteiger partial charge in [-0.1, -0.05) is 62.9 Å². The lowest BCUT2D eigenvalue weighted by molar-refractivity contribution is -0.149. The lowest BCUT2D eigenvalue weighted by atomic mass is 9.98. The predicted molar refractivity (Wildman–Crippen MR) is 175 cm³/mol. The van der Waals surface area contributed by atoms with Crippen LogP contribution in [-0.4, -0.2) is 70.7 Å². The predicted octanol–water partition coefficient (Wildman–Crippen LogP) is 6.27. The molecular weight excluding hydrogens is 598 g/mol. The van der Waals surface area contributed by atoms with Gasteiger partial charge in [0.2, 0.25) is 11.7 Å². The summed E-state index contributed by atoms with van der Waals surface area (Å²) >= 11 is 0. The van der Waals surface area contributed by atoms with Gasteiger partial charge in [0.25, 0.3) is 0 Å². The smallest absolute Gasteiger partial charge is 0.326 e. The second-order valence-electron chi connectivity index (χ2n) is 11.9. The number of aromatic nitrogens is 6. The number of furan rings is 1. The minimum absolute atomic E-state index is 0.175. The number of hydrogen-bond acceptors (Lipinski definition) is 8. The maximum atomic E-state index is 14.4. The molecule has 1 aliphatic rings. The molecule has 1 aliphatic heterocycles. The molecule has 0 radical (unpaired) electrons. The molecule has 1 fully saturated rings. The molecule has 3 aromatic carbocycles. The first-order valence-electron chi connectivity index (χ1n) is 16.0. The van der Waals surface area contributed by atoms with Crippen molar-refractivity contribution in [3.8, 4) is 28.3 Å². The normalized spacial score (nSPS) is 17.0. The number of fused-ring (bicyclic) bond motifs is 2. The molecule has 0 spiro atoms. The second kappa shape index (κ2) is 13.1. The third-order valence-corrected chi connectivity index (χ3v) is 8.91. The molecule has 240 valence electrons. The number of H-pyrrole nitrogens is 1. The standard InChI is InChI=1S/C35H35N7O5/c1-2-3-4-5-10-30(34(43)41-20-25(19-31(41)35(44)45)47-24-12-14-32-23(17-24)15-16-46-32)42-21-36-28-18-22(11-13-29(28)42)26-8-6-7-9-27(26)33-37-39-40-38-33/h6-9,11-18,21,25,30-31H,2-5,10,19-20H2,1H3,(H,44,45)(H,37,38,39,40). The highest BCUT2D eigenvalue weighted by atomic mass is 16.5. The maximum absolute atomic E-state index is 14.4. The number of tetrazole rings is 1. The second-order valence-corrected chi connectivity index (χ2v) is 11.9. The minimum atomic E-state index is -1.04. The number of carboxylic acids is 1. The molecule has 0 aliphatic carbocycles. The molecule has 3 unspecified atom stereocenters. The van der Waals surface area contributed by atoms with Crippen LogP contribution in [0.2, 0.25) is 0 Å². The fourth-order valence-corrected chi connectivity index (χ4v) is 6.56. The minimum Gasteiger partial charge on any atom is -0.488 e. The Morgan fingerprint density at radius 1 is 1.06 bits per heavy atom. The van der Waals surface area contributed by atoms with Gasteiger partial charge in [0.15, 0.2) is 0 Å². The number of nitrogens with one attached hydrogen (secondary N) is 1. The number of carboxylic acid groups (broad SMARTS) is 1. The maximum Gasteiger partial charge on any atom is 0.326 e. The number of carbonyl (C=O) groups is 2. The Hall–Kier alpha value is -5.52. The number of amides is 1. The SMILES string of the molecule is CCCCCCC(C(=O)N1CC(Oc2ccc3occc3c2)CC1C(=O)O)n1cnc2cc(-c3ccccc3-c3nn[nH]n3)ccc21. The third kappa shape index (κ3) is 6.06. The van der Waals surface area contributed by atoms with Crippen LogP contribution in [0, 0.1) is 0 Å². The Balaban J connectivity index is 1.18. The number of likely N-dealkylation sites (tertiary alicyclic amines) is 1. The molecule has 1 saturated heterocycles. The number of carbonyl (C=O) groups excluding carboxylic acids is 1. The van der Waals surface area contributed by atoms with E-state index in [2.05, 4.69) is 27.5 Å². The van der Waals surface area contributed by atoms with Gasteiger partial charge in [-0.3, -0.25) is 4.79 Å². The Morgan fingerprint density at radius 3 is 2.74 bits per heavy atom. The number of hydrogen-bond donors (Lipinski definition) is 2. The van der Waals surface area contributed by atoms with Crippen LogP contribution in [0.1, 0.15) is 51.5 Å². The van der Waals surface area contributed by atoms with Crippen molar-refractivity contribution < 1.29 is 23.8 Å². The molecule has 0 saturated carbocycles. The summed E-state index contributed by atoms with van der Waals surface area (Å²) in [6, 6.07) is 19.5. The lowest BCUT2D eigenvalue weighted by Crippen LogP contribution is -2.44. The van der Waals surface area contributed by atoms with Crippen molar-refractivity contribution in [2.75, 3.05) is 6.54 Å². The summed E-state index contributed by atoms with van der Waals surface area (Å²) in [5.41, 5.74) is 4.95. The van der Waals surface area contributed by atoms with Crippen molar-refractivity contribution in [1.29, 1.82) is 0 Å². The van der Waals surface area contributed by atoms with E-state index in [0.717, 1.165) is 64.4 Å². The summed E-state index contributed by atoms with van der Waals surface area (Å²) in [5.74, 6) is -0.182. The number of nitrogens with zero attached hydrogens (tertiary/aromatic N) is 6. The van der Waals surface area contributed by atoms with Crippen LogP contribution in [0.15, 0.2) is 83.7 Å². The van der Waals surface area contributed by atoms with E-state index in [0.29, 0.717) is 18.0 Å². The van der Waals surface area contributed by atoms with E-state index in [9.17, 15) is 14.7 Å². The van der Waals surface area contributed by atoms with E-state index >= 15 is 0 Å². The number of imidazole rings is 1. The van der Waals surface area contributed by atoms with E-state index < -0.39 is 24.2 Å². The van der Waals surface area contributed by atoms with E-state index in [1.165, 1.54) is 4.90 Å². The molecule has 4 heterocycles. The Bertz CT molecular complexity index is 2020. The van der Waals surface area contributed by atoms with E-state index in [1.54, 1.807) is 18.7 Å². The summed E-state index contributed by atoms with van der Waals surface area (Å²) in [7, 11) is 0. The largest absolute Gasteiger partial charge is 0.488 e. The van der Waals surface area contributed by atoms with Gasteiger partial charge < -0.3 is 23.7 Å². The van der Waals surface area contributed by atoms with Crippen LogP contribution in [0.4, 0.5) is 0 Å². The van der Waals surface area contributed by atoms with Gasteiger partial charge in [0.05, 0.1) is 30.2 Å². The quantitative estimate of drug-likeness (QED) is 0.148. The molecule has 3 atom stereocenters. The van der Waals surface area contributed by atoms with Crippen LogP contribution < -0.4 is 4.74 Å². The summed E-state index contributed by atoms with van der Waals surface area (Å²) < 4.78 is 13.6. The van der Waals surface area contributed by atoms with Crippen molar-refractivity contribution >= 4 is 33.9 Å². The van der Waals surface area contributed by atoms with Gasteiger partial charge in [-0.2, -0.15) is 5.21 Å². The van der Waals surface area contributed by atoms with Crippen LogP contribution in [0.3, 0.4) is 0 Å². The summed E-state index contributed by atoms with van der Waals surface area (Å²) in [6.07, 6.45) is 7.55. The number of benzene rings is 3. The molecule has 2 N–H and O–H groups in total. The van der Waals surface area contributed by atoms with Crippen LogP contribution in [-0.2, 0) is 9.59 Å². The first-order chi connectivity index (χ1) is 23.0. The van der Waals surface area contributed by atoms with Gasteiger partial charge >= 0.3 is 5.97 Å². The van der Waals surface area contributed by atoms with Crippen molar-refractivity contribution in [3.05, 3.63) is 79.3 Å². The number of aromatic amines is 1. The summed E-state index contributed by atoms with van der Waals surface area (Å²) in [6.45, 7) is 2.32. The van der Waals surface area contributed by atoms with Crippen molar-refractivity contribution in [1.82, 2.24) is 35.1 Å². The lowest BCUT2D eigenvalue weighted by Gasteiger charge is -2.28. The first kappa shape index (κ1) is 30.2. The van der Waals surface area contributed by atoms with Crippen molar-refractivity contribution in [2.45, 2.75) is 63.6 Å². The summed E-state index contributed by atoms with van der Waals surface area (Å²) in [5, 5.41) is 25.6. The molecule has 1 amide bonds. The van der Waals surface area contributed by atoms with Crippen LogP contribution >= 0.6 is 0 Å². The molecule has 3 aromatic heterocycles. The molecule has 7 rings (SSSR count). The summed E-state index contributed by atoms with van der Waals surface area (Å²) in [4.78, 5) is 33.0. The van der Waals surface area contributed by atoms with E-state index in [4.69, 9.17) is 14.1 Å². The molecular formula is C35H35N7O5. The third-order valence-electron chi connectivity index (χ3n) is 8.91. The van der Waals surface area contributed by atoms with E-state index in [-0.39, 0.29) is 18.9 Å². The average Bonchev–Trinajstić information content (AvgIpc) is 3.91. The zero-order valence-corrected chi connectivity index (χ0v) is 26.0. The Labute approximate surface area is 270 Å². The van der Waals surface area contributed by atoms with Gasteiger partial charge in [-0.15, -0.1) is 10.2 Å². The number of aliphatic carboxylic acids is 1. The Morgan fingerprint density at radius 2 is 1.94 bits per heavy atom. The molecule has 0 bridgehead atoms. The van der Waals surface area contributed by atoms with E-state index in [1.807, 2.05) is 65.2 Å². The molecule has 47 heavy (non-hydrogen) atoms. The van der Waals surface area contributed by atoms with Crippen LogP contribution in [0.25, 0.3) is 44.5 Å². The topological polar surface area (TPSA) is 152 Å². The highest BCUT2D eigenvalue weighted by Crippen LogP contribution is 2.34. The Kier molecular flexibility index (Phi) is 8.38. The zero-order valence-electron chi connectivity index (χ0n) is 26.0. The average molecular weight is 634 g/mol. The highest BCUT2D eigenvalue weighted by molar-refractivity contribution is 5.90. The fraction of sp³-hybridized carbons (Fsp3) is 0.314. The van der Waals surface area contributed by atoms with Crippen LogP contribution in [0.5, 0.6) is 5.75 Å². The molecule has 6 aromatic rings. The number of rotatable bonds is 12.